The number of carbonyl (C=O) groups excluding carboxylic acids is 1. The highest BCUT2D eigenvalue weighted by atomic mass is 79.9. The third kappa shape index (κ3) is 5.45. The van der Waals surface area contributed by atoms with Gasteiger partial charge in [0.15, 0.2) is 0 Å². The van der Waals surface area contributed by atoms with Gasteiger partial charge in [0, 0.05) is 43.4 Å². The highest BCUT2D eigenvalue weighted by Crippen LogP contribution is 2.22. The van der Waals surface area contributed by atoms with Gasteiger partial charge in [0.2, 0.25) is 5.88 Å². The standard InChI is InChI=1S/C23H21BrF2N4O3.ClH/c1-14-28-21(33-13-16-2-5-17(25)12-19(16)26)20(24)23(32)30(14)18-6-3-15(4-7-18)22(31)29-10-8-27-9-11-29;/h2-7,12,27H,8-11,13H2,1H3;1H. The molecule has 0 saturated carbocycles. The lowest BCUT2D eigenvalue weighted by molar-refractivity contribution is 0.0736. The molecule has 34 heavy (non-hydrogen) atoms. The van der Waals surface area contributed by atoms with Crippen LogP contribution in [-0.4, -0.2) is 46.5 Å². The van der Waals surface area contributed by atoms with E-state index < -0.39 is 17.2 Å². The van der Waals surface area contributed by atoms with Crippen LogP contribution < -0.4 is 15.6 Å². The Hall–Kier alpha value is -2.82. The molecule has 0 atom stereocenters. The van der Waals surface area contributed by atoms with Gasteiger partial charge in [0.1, 0.15) is 28.5 Å². The van der Waals surface area contributed by atoms with Gasteiger partial charge in [-0.3, -0.25) is 14.2 Å². The fraction of sp³-hybridized carbons (Fsp3) is 0.261. The van der Waals surface area contributed by atoms with E-state index in [0.29, 0.717) is 30.2 Å². The first-order chi connectivity index (χ1) is 15.8. The number of aryl methyl sites for hydroxylation is 1. The quantitative estimate of drug-likeness (QED) is 0.521. The van der Waals surface area contributed by atoms with E-state index in [-0.39, 0.29) is 40.8 Å². The number of amides is 1. The largest absolute Gasteiger partial charge is 0.472 e. The minimum Gasteiger partial charge on any atom is -0.472 e. The molecule has 180 valence electrons. The van der Waals surface area contributed by atoms with Crippen LogP contribution in [0.5, 0.6) is 5.88 Å². The summed E-state index contributed by atoms with van der Waals surface area (Å²) in [5.41, 5.74) is 0.799. The fourth-order valence-electron chi connectivity index (χ4n) is 3.57. The number of nitrogens with one attached hydrogen (secondary N) is 1. The summed E-state index contributed by atoms with van der Waals surface area (Å²) in [6, 6.07) is 9.90. The van der Waals surface area contributed by atoms with Crippen LogP contribution in [0.2, 0.25) is 0 Å². The van der Waals surface area contributed by atoms with E-state index in [1.807, 2.05) is 0 Å². The first-order valence-electron chi connectivity index (χ1n) is 10.3. The average Bonchev–Trinajstić information content (AvgIpc) is 2.82. The number of aromatic nitrogens is 2. The number of carbonyl (C=O) groups is 1. The molecule has 1 aliphatic heterocycles. The van der Waals surface area contributed by atoms with E-state index in [1.165, 1.54) is 10.6 Å². The summed E-state index contributed by atoms with van der Waals surface area (Å²) in [6.45, 7) is 4.25. The van der Waals surface area contributed by atoms with Crippen molar-refractivity contribution in [2.75, 3.05) is 26.2 Å². The molecule has 4 rings (SSSR count). The van der Waals surface area contributed by atoms with Crippen LogP contribution in [0.1, 0.15) is 21.7 Å². The Morgan fingerprint density at radius 1 is 1.15 bits per heavy atom. The van der Waals surface area contributed by atoms with Crippen LogP contribution in [0.4, 0.5) is 8.78 Å². The minimum atomic E-state index is -0.744. The second-order valence-corrected chi connectivity index (χ2v) is 8.33. The molecule has 7 nitrogen and oxygen atoms in total. The summed E-state index contributed by atoms with van der Waals surface area (Å²) in [6.07, 6.45) is 0. The maximum atomic E-state index is 13.9. The van der Waals surface area contributed by atoms with Gasteiger partial charge in [-0.15, -0.1) is 12.4 Å². The predicted octanol–water partition coefficient (Wildman–Crippen LogP) is 3.63. The van der Waals surface area contributed by atoms with Crippen molar-refractivity contribution >= 4 is 34.2 Å². The van der Waals surface area contributed by atoms with Crippen molar-refractivity contribution in [3.8, 4) is 11.6 Å². The molecule has 1 amide bonds. The average molecular weight is 556 g/mol. The maximum Gasteiger partial charge on any atom is 0.276 e. The number of ether oxygens (including phenoxy) is 1. The number of benzene rings is 2. The lowest BCUT2D eigenvalue weighted by atomic mass is 10.1. The molecule has 0 bridgehead atoms. The van der Waals surface area contributed by atoms with Gasteiger partial charge in [-0.25, -0.2) is 8.78 Å². The number of halogens is 4. The monoisotopic (exact) mass is 554 g/mol. The van der Waals surface area contributed by atoms with Crippen LogP contribution in [-0.2, 0) is 6.61 Å². The normalized spacial score (nSPS) is 13.4. The molecule has 2 aromatic carbocycles. The molecule has 2 heterocycles. The van der Waals surface area contributed by atoms with E-state index in [2.05, 4.69) is 26.2 Å². The van der Waals surface area contributed by atoms with Crippen molar-refractivity contribution in [3.63, 3.8) is 0 Å². The molecule has 1 saturated heterocycles. The van der Waals surface area contributed by atoms with E-state index in [0.717, 1.165) is 25.2 Å². The number of hydrogen-bond acceptors (Lipinski definition) is 5. The molecule has 1 N–H and O–H groups in total. The number of nitrogens with zero attached hydrogens (tertiary/aromatic N) is 3. The Morgan fingerprint density at radius 2 is 1.82 bits per heavy atom. The van der Waals surface area contributed by atoms with Crippen molar-refractivity contribution in [1.82, 2.24) is 19.8 Å². The third-order valence-corrected chi connectivity index (χ3v) is 6.00. The summed E-state index contributed by atoms with van der Waals surface area (Å²) in [7, 11) is 0. The lowest BCUT2D eigenvalue weighted by Crippen LogP contribution is -2.46. The van der Waals surface area contributed by atoms with Crippen molar-refractivity contribution in [2.45, 2.75) is 13.5 Å². The van der Waals surface area contributed by atoms with Crippen LogP contribution in [0, 0.1) is 18.6 Å². The van der Waals surface area contributed by atoms with Gasteiger partial charge in [-0.05, 0) is 59.3 Å². The molecule has 0 radical (unpaired) electrons. The summed E-state index contributed by atoms with van der Waals surface area (Å²) >= 11 is 3.21. The predicted molar refractivity (Wildman–Crippen MR) is 129 cm³/mol. The van der Waals surface area contributed by atoms with Gasteiger partial charge in [0.25, 0.3) is 11.5 Å². The molecule has 3 aromatic rings. The molecule has 0 spiro atoms. The zero-order valence-electron chi connectivity index (χ0n) is 18.2. The Morgan fingerprint density at radius 3 is 2.47 bits per heavy atom. The van der Waals surface area contributed by atoms with E-state index in [9.17, 15) is 18.4 Å². The SMILES string of the molecule is Cc1nc(OCc2ccc(F)cc2F)c(Br)c(=O)n1-c1ccc(C(=O)N2CCNCC2)cc1.Cl. The van der Waals surface area contributed by atoms with Gasteiger partial charge >= 0.3 is 0 Å². The molecular formula is C23H22BrClF2N4O3. The first-order valence-corrected chi connectivity index (χ1v) is 11.1. The highest BCUT2D eigenvalue weighted by Gasteiger charge is 2.19. The lowest BCUT2D eigenvalue weighted by Gasteiger charge is -2.27. The highest BCUT2D eigenvalue weighted by molar-refractivity contribution is 9.10. The molecular weight excluding hydrogens is 534 g/mol. The van der Waals surface area contributed by atoms with Crippen molar-refractivity contribution in [2.24, 2.45) is 0 Å². The number of rotatable bonds is 5. The Bertz CT molecular complexity index is 1250. The Labute approximate surface area is 209 Å². The third-order valence-electron chi connectivity index (χ3n) is 5.32. The van der Waals surface area contributed by atoms with E-state index in [1.54, 1.807) is 36.1 Å². The summed E-state index contributed by atoms with van der Waals surface area (Å²) < 4.78 is 33.9. The van der Waals surface area contributed by atoms with Crippen LogP contribution in [0.3, 0.4) is 0 Å². The number of hydrogen-bond donors (Lipinski definition) is 1. The van der Waals surface area contributed by atoms with Crippen molar-refractivity contribution in [3.05, 3.63) is 85.9 Å². The molecule has 1 aromatic heterocycles. The smallest absolute Gasteiger partial charge is 0.276 e. The molecule has 11 heteroatoms. The van der Waals surface area contributed by atoms with Gasteiger partial charge in [0.05, 0.1) is 5.69 Å². The second kappa shape index (κ2) is 11.1. The summed E-state index contributed by atoms with van der Waals surface area (Å²) in [4.78, 5) is 31.8. The summed E-state index contributed by atoms with van der Waals surface area (Å²) in [5.74, 6) is -1.13. The molecule has 0 aliphatic carbocycles. The maximum absolute atomic E-state index is 13.9. The Balaban J connectivity index is 0.00000324. The van der Waals surface area contributed by atoms with Gasteiger partial charge < -0.3 is 15.0 Å². The number of piperazine rings is 1. The van der Waals surface area contributed by atoms with E-state index >= 15 is 0 Å². The van der Waals surface area contributed by atoms with Crippen LogP contribution in [0.15, 0.2) is 51.7 Å². The topological polar surface area (TPSA) is 76.5 Å². The second-order valence-electron chi connectivity index (χ2n) is 7.53. The van der Waals surface area contributed by atoms with Gasteiger partial charge in [-0.2, -0.15) is 4.98 Å². The van der Waals surface area contributed by atoms with E-state index in [4.69, 9.17) is 4.74 Å². The van der Waals surface area contributed by atoms with Gasteiger partial charge in [-0.1, -0.05) is 0 Å². The molecule has 0 unspecified atom stereocenters. The molecule has 1 fully saturated rings. The fourth-order valence-corrected chi connectivity index (χ4v) is 3.95. The zero-order valence-corrected chi connectivity index (χ0v) is 20.6. The van der Waals surface area contributed by atoms with Crippen LogP contribution in [0.25, 0.3) is 5.69 Å². The van der Waals surface area contributed by atoms with Crippen LogP contribution >= 0.6 is 28.3 Å². The minimum absolute atomic E-state index is 0. The summed E-state index contributed by atoms with van der Waals surface area (Å²) in [5, 5.41) is 3.21. The van der Waals surface area contributed by atoms with Crippen molar-refractivity contribution in [1.29, 1.82) is 0 Å². The Kier molecular flexibility index (Phi) is 8.40. The van der Waals surface area contributed by atoms with Crippen molar-refractivity contribution < 1.29 is 18.3 Å². The zero-order chi connectivity index (χ0) is 23.5. The molecule has 1 aliphatic rings. The first kappa shape index (κ1) is 25.8.